The molecule has 9 heteroatoms. The van der Waals surface area contributed by atoms with E-state index in [0.717, 1.165) is 4.90 Å². The summed E-state index contributed by atoms with van der Waals surface area (Å²) in [4.78, 5) is 39.0. The lowest BCUT2D eigenvalue weighted by Crippen LogP contribution is -2.42. The second-order valence-corrected chi connectivity index (χ2v) is 7.75. The third kappa shape index (κ3) is 5.20. The third-order valence-electron chi connectivity index (χ3n) is 3.58. The van der Waals surface area contributed by atoms with Crippen molar-refractivity contribution in [3.63, 3.8) is 0 Å². The van der Waals surface area contributed by atoms with E-state index in [-0.39, 0.29) is 19.6 Å². The van der Waals surface area contributed by atoms with Crippen LogP contribution >= 0.6 is 0 Å². The Balaban J connectivity index is 2.01. The summed E-state index contributed by atoms with van der Waals surface area (Å²) in [5, 5.41) is 0. The SMILES string of the molecule is CC(C)(C)OC(=O)CN(CCN1C(=O)c2ccccc2C1=O)CS(=O)[O-]. The number of hydrogen-bond acceptors (Lipinski definition) is 7. The molecule has 1 aromatic rings. The minimum atomic E-state index is -2.42. The quantitative estimate of drug-likeness (QED) is 0.390. The van der Waals surface area contributed by atoms with Crippen LogP contribution in [0.2, 0.25) is 0 Å². The number of amides is 2. The molecule has 0 bridgehead atoms. The summed E-state index contributed by atoms with van der Waals surface area (Å²) in [6, 6.07) is 6.48. The number of carbonyl (C=O) groups excluding carboxylic acids is 3. The van der Waals surface area contributed by atoms with Crippen molar-refractivity contribution in [2.75, 3.05) is 25.5 Å². The molecule has 1 aromatic carbocycles. The Bertz CT molecular complexity index is 708. The van der Waals surface area contributed by atoms with Crippen LogP contribution < -0.4 is 0 Å². The monoisotopic (exact) mass is 381 g/mol. The first-order valence-electron chi connectivity index (χ1n) is 8.04. The number of rotatable bonds is 7. The van der Waals surface area contributed by atoms with Crippen LogP contribution in [0, 0.1) is 0 Å². The number of fused-ring (bicyclic) bond motifs is 1. The first-order valence-corrected chi connectivity index (χ1v) is 9.28. The summed E-state index contributed by atoms with van der Waals surface area (Å²) in [5.41, 5.74) is -0.0470. The zero-order valence-corrected chi connectivity index (χ0v) is 15.7. The Hall–Kier alpha value is -2.10. The Morgan fingerprint density at radius 3 is 2.19 bits per heavy atom. The third-order valence-corrected chi connectivity index (χ3v) is 4.15. The van der Waals surface area contributed by atoms with Crippen LogP contribution in [0.25, 0.3) is 0 Å². The normalized spacial score (nSPS) is 15.3. The van der Waals surface area contributed by atoms with E-state index in [2.05, 4.69) is 0 Å². The Morgan fingerprint density at radius 2 is 1.73 bits per heavy atom. The number of ether oxygens (including phenoxy) is 1. The fraction of sp³-hybridized carbons (Fsp3) is 0.471. The summed E-state index contributed by atoms with van der Waals surface area (Å²) in [7, 11) is 0. The van der Waals surface area contributed by atoms with Crippen LogP contribution in [0.4, 0.5) is 0 Å². The second-order valence-electron chi connectivity index (χ2n) is 6.88. The minimum Gasteiger partial charge on any atom is -0.771 e. The van der Waals surface area contributed by atoms with Crippen LogP contribution in [0.1, 0.15) is 41.5 Å². The molecule has 0 saturated carbocycles. The smallest absolute Gasteiger partial charge is 0.320 e. The van der Waals surface area contributed by atoms with Crippen molar-refractivity contribution in [2.45, 2.75) is 26.4 Å². The van der Waals surface area contributed by atoms with Gasteiger partial charge < -0.3 is 9.29 Å². The highest BCUT2D eigenvalue weighted by Gasteiger charge is 2.35. The summed E-state index contributed by atoms with van der Waals surface area (Å²) in [6.07, 6.45) is 0. The van der Waals surface area contributed by atoms with Crippen molar-refractivity contribution < 1.29 is 27.9 Å². The first kappa shape index (κ1) is 20.2. The summed E-state index contributed by atoms with van der Waals surface area (Å²) >= 11 is -2.42. The van der Waals surface area contributed by atoms with E-state index in [1.807, 2.05) is 0 Å². The van der Waals surface area contributed by atoms with E-state index in [0.29, 0.717) is 11.1 Å². The number of hydrogen-bond donors (Lipinski definition) is 0. The van der Waals surface area contributed by atoms with Gasteiger partial charge in [0, 0.05) is 13.1 Å². The molecule has 0 radical (unpaired) electrons. The van der Waals surface area contributed by atoms with Crippen LogP contribution in [0.3, 0.4) is 0 Å². The van der Waals surface area contributed by atoms with Crippen molar-refractivity contribution in [1.82, 2.24) is 9.80 Å². The Kier molecular flexibility index (Phi) is 6.27. The van der Waals surface area contributed by atoms with E-state index >= 15 is 0 Å². The molecule has 1 aliphatic rings. The number of nitrogens with zero attached hydrogens (tertiary/aromatic N) is 2. The topological polar surface area (TPSA) is 107 Å². The number of carbonyl (C=O) groups is 3. The molecule has 2 amide bonds. The van der Waals surface area contributed by atoms with Crippen LogP contribution in [-0.4, -0.2) is 67.5 Å². The van der Waals surface area contributed by atoms with Crippen LogP contribution in [0.5, 0.6) is 0 Å². The molecule has 8 nitrogen and oxygen atoms in total. The molecule has 0 spiro atoms. The van der Waals surface area contributed by atoms with Crippen LogP contribution in [-0.2, 0) is 20.6 Å². The largest absolute Gasteiger partial charge is 0.771 e. The lowest BCUT2D eigenvalue weighted by molar-refractivity contribution is -0.155. The summed E-state index contributed by atoms with van der Waals surface area (Å²) < 4.78 is 27.3. The van der Waals surface area contributed by atoms with Gasteiger partial charge in [-0.25, -0.2) is 0 Å². The standard InChI is InChI=1S/C17H22N2O6S/c1-17(2,3)25-14(20)10-18(11-26(23)24)8-9-19-15(21)12-6-4-5-7-13(12)16(19)22/h4-7H,8-11H2,1-3H3,(H,23,24)/p-1. The zero-order chi connectivity index (χ0) is 19.5. The molecule has 1 heterocycles. The van der Waals surface area contributed by atoms with Gasteiger partial charge in [-0.15, -0.1) is 0 Å². The van der Waals surface area contributed by atoms with Gasteiger partial charge in [-0.1, -0.05) is 12.1 Å². The Labute approximate surface area is 154 Å². The molecule has 0 N–H and O–H groups in total. The molecule has 0 saturated heterocycles. The molecule has 1 unspecified atom stereocenters. The molecule has 1 aliphatic heterocycles. The van der Waals surface area contributed by atoms with Gasteiger partial charge in [0.1, 0.15) is 5.60 Å². The number of imide groups is 1. The molecular formula is C17H21N2O6S-. The maximum atomic E-state index is 12.3. The van der Waals surface area contributed by atoms with Gasteiger partial charge in [-0.05, 0) is 44.0 Å². The van der Waals surface area contributed by atoms with Gasteiger partial charge in [0.05, 0.1) is 23.5 Å². The highest BCUT2D eigenvalue weighted by atomic mass is 32.2. The lowest BCUT2D eigenvalue weighted by atomic mass is 10.1. The predicted molar refractivity (Wildman–Crippen MR) is 93.0 cm³/mol. The molecular weight excluding hydrogens is 360 g/mol. The zero-order valence-electron chi connectivity index (χ0n) is 14.9. The van der Waals surface area contributed by atoms with E-state index in [4.69, 9.17) is 4.74 Å². The van der Waals surface area contributed by atoms with Gasteiger partial charge in [-0.3, -0.25) is 28.4 Å². The maximum Gasteiger partial charge on any atom is 0.320 e. The number of benzene rings is 1. The fourth-order valence-corrected chi connectivity index (χ4v) is 3.10. The van der Waals surface area contributed by atoms with E-state index < -0.39 is 40.3 Å². The second kappa shape index (κ2) is 8.07. The minimum absolute atomic E-state index is 0.0215. The average Bonchev–Trinajstić information content (AvgIpc) is 2.75. The van der Waals surface area contributed by atoms with Gasteiger partial charge >= 0.3 is 5.97 Å². The molecule has 0 fully saturated rings. The van der Waals surface area contributed by atoms with Crippen molar-refractivity contribution in [2.24, 2.45) is 0 Å². The first-order chi connectivity index (χ1) is 12.1. The van der Waals surface area contributed by atoms with Crippen molar-refractivity contribution in [3.8, 4) is 0 Å². The molecule has 26 heavy (non-hydrogen) atoms. The molecule has 142 valence electrons. The van der Waals surface area contributed by atoms with Crippen LogP contribution in [0.15, 0.2) is 24.3 Å². The van der Waals surface area contributed by atoms with Crippen molar-refractivity contribution in [1.29, 1.82) is 0 Å². The van der Waals surface area contributed by atoms with Gasteiger partial charge in [0.2, 0.25) is 0 Å². The lowest BCUT2D eigenvalue weighted by Gasteiger charge is -2.26. The number of esters is 1. The Morgan fingerprint density at radius 1 is 1.19 bits per heavy atom. The van der Waals surface area contributed by atoms with E-state index in [1.54, 1.807) is 45.0 Å². The summed E-state index contributed by atoms with van der Waals surface area (Å²) in [6.45, 7) is 4.89. The fourth-order valence-electron chi connectivity index (χ4n) is 2.58. The maximum absolute atomic E-state index is 12.3. The van der Waals surface area contributed by atoms with E-state index in [9.17, 15) is 23.1 Å². The molecule has 1 atom stereocenters. The highest BCUT2D eigenvalue weighted by Crippen LogP contribution is 2.22. The highest BCUT2D eigenvalue weighted by molar-refractivity contribution is 7.79. The van der Waals surface area contributed by atoms with Gasteiger partial charge in [-0.2, -0.15) is 0 Å². The predicted octanol–water partition coefficient (Wildman–Crippen LogP) is 0.763. The van der Waals surface area contributed by atoms with E-state index in [1.165, 1.54) is 4.90 Å². The molecule has 2 rings (SSSR count). The summed E-state index contributed by atoms with van der Waals surface area (Å²) in [5.74, 6) is -1.83. The molecule has 0 aliphatic carbocycles. The molecule has 0 aromatic heterocycles. The average molecular weight is 381 g/mol. The van der Waals surface area contributed by atoms with Gasteiger partial charge in [0.25, 0.3) is 11.8 Å². The van der Waals surface area contributed by atoms with Gasteiger partial charge in [0.15, 0.2) is 0 Å². The van der Waals surface area contributed by atoms with Crippen molar-refractivity contribution in [3.05, 3.63) is 35.4 Å². The van der Waals surface area contributed by atoms with Crippen molar-refractivity contribution >= 4 is 28.9 Å².